The van der Waals surface area contributed by atoms with Gasteiger partial charge in [0.25, 0.3) is 5.91 Å². The quantitative estimate of drug-likeness (QED) is 0.918. The molecule has 0 aliphatic carbocycles. The van der Waals surface area contributed by atoms with E-state index in [1.54, 1.807) is 0 Å². The molecular formula is C12H20N4OS2. The lowest BCUT2D eigenvalue weighted by Crippen LogP contribution is -2.36. The van der Waals surface area contributed by atoms with E-state index in [-0.39, 0.29) is 5.91 Å². The van der Waals surface area contributed by atoms with E-state index in [2.05, 4.69) is 4.98 Å². The van der Waals surface area contributed by atoms with Crippen molar-refractivity contribution in [3.05, 3.63) is 4.88 Å². The fourth-order valence-electron chi connectivity index (χ4n) is 1.93. The number of nitrogens with two attached hydrogens (primary N) is 1. The highest BCUT2D eigenvalue weighted by molar-refractivity contribution is 7.99. The van der Waals surface area contributed by atoms with Gasteiger partial charge < -0.3 is 15.5 Å². The van der Waals surface area contributed by atoms with E-state index in [0.717, 1.165) is 29.6 Å². The molecule has 1 amide bonds. The molecular weight excluding hydrogens is 280 g/mol. The summed E-state index contributed by atoms with van der Waals surface area (Å²) in [6.45, 7) is 2.89. The van der Waals surface area contributed by atoms with Crippen LogP contribution in [0.2, 0.25) is 0 Å². The highest BCUT2D eigenvalue weighted by Crippen LogP contribution is 2.30. The molecule has 19 heavy (non-hydrogen) atoms. The molecule has 1 fully saturated rings. The Morgan fingerprint density at radius 3 is 2.84 bits per heavy atom. The maximum Gasteiger partial charge on any atom is 0.267 e. The molecule has 0 spiro atoms. The molecule has 1 aromatic heterocycles. The topological polar surface area (TPSA) is 62.5 Å². The molecule has 2 heterocycles. The zero-order chi connectivity index (χ0) is 14.0. The van der Waals surface area contributed by atoms with Crippen molar-refractivity contribution >= 4 is 40.0 Å². The summed E-state index contributed by atoms with van der Waals surface area (Å²) in [7, 11) is 3.81. The van der Waals surface area contributed by atoms with Gasteiger partial charge in [0.05, 0.1) is 0 Å². The van der Waals surface area contributed by atoms with Crippen LogP contribution in [0.15, 0.2) is 0 Å². The van der Waals surface area contributed by atoms with Crippen LogP contribution in [0.5, 0.6) is 0 Å². The molecule has 1 aliphatic heterocycles. The lowest BCUT2D eigenvalue weighted by Gasteiger charge is -2.23. The minimum atomic E-state index is -0.00162. The smallest absolute Gasteiger partial charge is 0.267 e. The number of nitrogen functional groups attached to an aromatic ring is 1. The summed E-state index contributed by atoms with van der Waals surface area (Å²) in [5.41, 5.74) is 5.89. The van der Waals surface area contributed by atoms with Gasteiger partial charge in [-0.2, -0.15) is 11.8 Å². The van der Waals surface area contributed by atoms with Gasteiger partial charge in [-0.15, -0.1) is 0 Å². The monoisotopic (exact) mass is 300 g/mol. The predicted octanol–water partition coefficient (Wildman–Crippen LogP) is 1.76. The fourth-order valence-corrected chi connectivity index (χ4v) is 4.19. The second-order valence-electron chi connectivity index (χ2n) is 4.66. The number of rotatable bonds is 4. The maximum atomic E-state index is 12.5. The van der Waals surface area contributed by atoms with Gasteiger partial charge in [-0.25, -0.2) is 4.98 Å². The molecule has 0 radical (unpaired) electrons. The summed E-state index contributed by atoms with van der Waals surface area (Å²) in [4.78, 5) is 21.1. The molecule has 1 saturated heterocycles. The van der Waals surface area contributed by atoms with Crippen LogP contribution in [0, 0.1) is 0 Å². The molecule has 2 N–H and O–H groups in total. The van der Waals surface area contributed by atoms with Crippen molar-refractivity contribution in [2.75, 3.05) is 42.8 Å². The molecule has 1 unspecified atom stereocenters. The van der Waals surface area contributed by atoms with Gasteiger partial charge in [-0.05, 0) is 19.1 Å². The molecule has 1 aliphatic rings. The molecule has 0 bridgehead atoms. The SMILES string of the molecule is CCN(C)c1nc(N)c(C(=O)N(C)C2CCSC2)s1. The number of thioether (sulfide) groups is 1. The summed E-state index contributed by atoms with van der Waals surface area (Å²) in [5, 5.41) is 0.803. The highest BCUT2D eigenvalue weighted by Gasteiger charge is 2.28. The highest BCUT2D eigenvalue weighted by atomic mass is 32.2. The van der Waals surface area contributed by atoms with Crippen molar-refractivity contribution in [1.29, 1.82) is 0 Å². The second kappa shape index (κ2) is 6.00. The third kappa shape index (κ3) is 2.97. The number of aromatic nitrogens is 1. The van der Waals surface area contributed by atoms with Crippen molar-refractivity contribution < 1.29 is 4.79 Å². The Kier molecular flexibility index (Phi) is 4.57. The number of thiazole rings is 1. The largest absolute Gasteiger partial charge is 0.382 e. The standard InChI is InChI=1S/C12H20N4OS2/c1-4-15(2)12-14-10(13)9(19-12)11(17)16(3)8-5-6-18-7-8/h8H,4-7,13H2,1-3H3. The fraction of sp³-hybridized carbons (Fsp3) is 0.667. The van der Waals surface area contributed by atoms with Crippen molar-refractivity contribution in [3.8, 4) is 0 Å². The average Bonchev–Trinajstić information content (AvgIpc) is 3.05. The summed E-state index contributed by atoms with van der Waals surface area (Å²) >= 11 is 3.27. The number of nitrogens with zero attached hydrogens (tertiary/aromatic N) is 3. The summed E-state index contributed by atoms with van der Waals surface area (Å²) in [6.07, 6.45) is 1.06. The van der Waals surface area contributed by atoms with E-state index >= 15 is 0 Å². The van der Waals surface area contributed by atoms with Crippen LogP contribution in [0.4, 0.5) is 10.9 Å². The van der Waals surface area contributed by atoms with Gasteiger partial charge in [0, 0.05) is 32.4 Å². The third-order valence-corrected chi connectivity index (χ3v) is 5.73. The third-order valence-electron chi connectivity index (χ3n) is 3.41. The van der Waals surface area contributed by atoms with Gasteiger partial charge in [0.15, 0.2) is 5.13 Å². The Hall–Kier alpha value is -0.950. The van der Waals surface area contributed by atoms with Crippen molar-refractivity contribution in [1.82, 2.24) is 9.88 Å². The van der Waals surface area contributed by atoms with Gasteiger partial charge in [0.1, 0.15) is 10.7 Å². The van der Waals surface area contributed by atoms with Crippen LogP contribution < -0.4 is 10.6 Å². The average molecular weight is 300 g/mol. The zero-order valence-corrected chi connectivity index (χ0v) is 13.2. The molecule has 2 rings (SSSR count). The second-order valence-corrected chi connectivity index (χ2v) is 6.79. The Labute approximate surface area is 122 Å². The van der Waals surface area contributed by atoms with Crippen molar-refractivity contribution in [2.45, 2.75) is 19.4 Å². The molecule has 0 saturated carbocycles. The van der Waals surface area contributed by atoms with E-state index in [1.807, 2.05) is 42.6 Å². The van der Waals surface area contributed by atoms with Crippen LogP contribution in [0.1, 0.15) is 23.0 Å². The van der Waals surface area contributed by atoms with Crippen LogP contribution in [0.25, 0.3) is 0 Å². The van der Waals surface area contributed by atoms with E-state index in [1.165, 1.54) is 11.3 Å². The number of carbonyl (C=O) groups is 1. The number of amides is 1. The Bertz CT molecular complexity index is 457. The first-order valence-corrected chi connectivity index (χ1v) is 8.34. The van der Waals surface area contributed by atoms with Gasteiger partial charge in [-0.3, -0.25) is 4.79 Å². The first-order chi connectivity index (χ1) is 9.04. The van der Waals surface area contributed by atoms with Crippen molar-refractivity contribution in [2.24, 2.45) is 0 Å². The van der Waals surface area contributed by atoms with Gasteiger partial charge in [-0.1, -0.05) is 11.3 Å². The lowest BCUT2D eigenvalue weighted by atomic mass is 10.2. The Morgan fingerprint density at radius 1 is 1.53 bits per heavy atom. The minimum absolute atomic E-state index is 0.00162. The van der Waals surface area contributed by atoms with Gasteiger partial charge >= 0.3 is 0 Å². The first kappa shape index (κ1) is 14.5. The lowest BCUT2D eigenvalue weighted by molar-refractivity contribution is 0.0753. The molecule has 5 nitrogen and oxygen atoms in total. The normalized spacial score (nSPS) is 18.6. The number of anilines is 2. The number of hydrogen-bond donors (Lipinski definition) is 1. The number of hydrogen-bond acceptors (Lipinski definition) is 6. The predicted molar refractivity (Wildman–Crippen MR) is 83.3 cm³/mol. The molecule has 1 atom stereocenters. The summed E-state index contributed by atoms with van der Waals surface area (Å²) < 4.78 is 0. The maximum absolute atomic E-state index is 12.5. The number of carbonyl (C=O) groups excluding carboxylic acids is 1. The van der Waals surface area contributed by atoms with Crippen LogP contribution in [0.3, 0.4) is 0 Å². The van der Waals surface area contributed by atoms with E-state index < -0.39 is 0 Å². The summed E-state index contributed by atoms with van der Waals surface area (Å²) in [5.74, 6) is 2.49. The molecule has 7 heteroatoms. The molecule has 0 aromatic carbocycles. The minimum Gasteiger partial charge on any atom is -0.382 e. The first-order valence-electron chi connectivity index (χ1n) is 6.37. The van der Waals surface area contributed by atoms with E-state index in [4.69, 9.17) is 5.73 Å². The van der Waals surface area contributed by atoms with Crippen LogP contribution in [-0.2, 0) is 0 Å². The summed E-state index contributed by atoms with van der Waals surface area (Å²) in [6, 6.07) is 0.325. The molecule has 1 aromatic rings. The Morgan fingerprint density at radius 2 is 2.26 bits per heavy atom. The Balaban J connectivity index is 2.16. The van der Waals surface area contributed by atoms with E-state index in [9.17, 15) is 4.79 Å². The van der Waals surface area contributed by atoms with Crippen molar-refractivity contribution in [3.63, 3.8) is 0 Å². The van der Waals surface area contributed by atoms with Crippen LogP contribution >= 0.6 is 23.1 Å². The van der Waals surface area contributed by atoms with Gasteiger partial charge in [0.2, 0.25) is 0 Å². The zero-order valence-electron chi connectivity index (χ0n) is 11.5. The van der Waals surface area contributed by atoms with Crippen LogP contribution in [-0.4, -0.2) is 54.0 Å². The molecule has 106 valence electrons. The van der Waals surface area contributed by atoms with E-state index in [0.29, 0.717) is 16.7 Å².